The van der Waals surface area contributed by atoms with Crippen LogP contribution < -0.4 is 0 Å². The van der Waals surface area contributed by atoms with E-state index in [0.717, 1.165) is 32.2 Å². The van der Waals surface area contributed by atoms with E-state index in [-0.39, 0.29) is 11.3 Å². The highest BCUT2D eigenvalue weighted by Gasteiger charge is 2.51. The SMILES string of the molecule is C#CC12CCC(CC(=O)C1CN(C)C)C2. The quantitative estimate of drug-likeness (QED) is 0.638. The van der Waals surface area contributed by atoms with Crippen LogP contribution in [0, 0.1) is 29.6 Å². The number of hydrogen-bond acceptors (Lipinski definition) is 2. The summed E-state index contributed by atoms with van der Waals surface area (Å²) in [6.07, 6.45) is 9.73. The van der Waals surface area contributed by atoms with Gasteiger partial charge in [-0.15, -0.1) is 6.42 Å². The zero-order chi connectivity index (χ0) is 11.1. The van der Waals surface area contributed by atoms with Crippen molar-refractivity contribution in [1.29, 1.82) is 0 Å². The molecule has 3 atom stereocenters. The van der Waals surface area contributed by atoms with Crippen LogP contribution in [0.5, 0.6) is 0 Å². The fraction of sp³-hybridized carbons (Fsp3) is 0.769. The zero-order valence-corrected chi connectivity index (χ0v) is 9.62. The smallest absolute Gasteiger partial charge is 0.139 e. The maximum Gasteiger partial charge on any atom is 0.139 e. The first-order valence-corrected chi connectivity index (χ1v) is 5.72. The molecule has 0 heterocycles. The van der Waals surface area contributed by atoms with Gasteiger partial charge >= 0.3 is 0 Å². The van der Waals surface area contributed by atoms with E-state index in [9.17, 15) is 4.79 Å². The minimum absolute atomic E-state index is 0.0799. The predicted octanol–water partition coefficient (Wildman–Crippen LogP) is 1.56. The molecule has 0 saturated heterocycles. The van der Waals surface area contributed by atoms with Crippen molar-refractivity contribution in [3.63, 3.8) is 0 Å². The van der Waals surface area contributed by atoms with Gasteiger partial charge in [-0.2, -0.15) is 0 Å². The third-order valence-electron chi connectivity index (χ3n) is 4.03. The fourth-order valence-electron chi connectivity index (χ4n) is 3.28. The van der Waals surface area contributed by atoms with Crippen molar-refractivity contribution in [2.45, 2.75) is 25.7 Å². The van der Waals surface area contributed by atoms with Crippen molar-refractivity contribution < 1.29 is 4.79 Å². The third kappa shape index (κ3) is 1.70. The molecule has 0 aromatic rings. The Morgan fingerprint density at radius 3 is 2.93 bits per heavy atom. The summed E-state index contributed by atoms with van der Waals surface area (Å²) in [4.78, 5) is 14.1. The number of rotatable bonds is 2. The molecule has 0 amide bonds. The molecule has 2 nitrogen and oxygen atoms in total. The van der Waals surface area contributed by atoms with Crippen molar-refractivity contribution in [3.05, 3.63) is 0 Å². The van der Waals surface area contributed by atoms with E-state index in [1.807, 2.05) is 14.1 Å². The monoisotopic (exact) mass is 205 g/mol. The van der Waals surface area contributed by atoms with Crippen LogP contribution >= 0.6 is 0 Å². The molecule has 0 aromatic heterocycles. The molecule has 0 N–H and O–H groups in total. The van der Waals surface area contributed by atoms with E-state index in [4.69, 9.17) is 6.42 Å². The molecular formula is C13H19NO. The van der Waals surface area contributed by atoms with Gasteiger partial charge in [0.1, 0.15) is 5.78 Å². The van der Waals surface area contributed by atoms with Crippen LogP contribution in [0.15, 0.2) is 0 Å². The molecule has 0 spiro atoms. The van der Waals surface area contributed by atoms with Crippen molar-refractivity contribution in [2.24, 2.45) is 17.3 Å². The second kappa shape index (κ2) is 3.64. The number of Topliss-reactive ketones (excluding diaryl/α,β-unsaturated/α-hetero) is 1. The minimum Gasteiger partial charge on any atom is -0.309 e. The van der Waals surface area contributed by atoms with Gasteiger partial charge in [-0.3, -0.25) is 4.79 Å². The Balaban J connectivity index is 2.25. The summed E-state index contributed by atoms with van der Waals surface area (Å²) in [5.74, 6) is 4.00. The molecule has 2 heteroatoms. The van der Waals surface area contributed by atoms with Crippen molar-refractivity contribution in [1.82, 2.24) is 4.90 Å². The molecule has 0 aliphatic heterocycles. The lowest BCUT2D eigenvalue weighted by Crippen LogP contribution is -2.42. The molecule has 2 fully saturated rings. The molecule has 82 valence electrons. The molecular weight excluding hydrogens is 186 g/mol. The van der Waals surface area contributed by atoms with Crippen molar-refractivity contribution in [3.8, 4) is 12.3 Å². The van der Waals surface area contributed by atoms with Gasteiger partial charge in [0, 0.05) is 24.3 Å². The number of hydrogen-bond donors (Lipinski definition) is 0. The summed E-state index contributed by atoms with van der Waals surface area (Å²) in [5.41, 5.74) is -0.107. The molecule has 2 aliphatic carbocycles. The zero-order valence-electron chi connectivity index (χ0n) is 9.62. The second-order valence-corrected chi connectivity index (χ2v) is 5.39. The Morgan fingerprint density at radius 2 is 2.33 bits per heavy atom. The largest absolute Gasteiger partial charge is 0.309 e. The maximum absolute atomic E-state index is 12.0. The number of ketones is 1. The van der Waals surface area contributed by atoms with E-state index in [1.54, 1.807) is 0 Å². The first-order valence-electron chi connectivity index (χ1n) is 5.72. The molecule has 0 aromatic carbocycles. The van der Waals surface area contributed by atoms with Gasteiger partial charge in [0.25, 0.3) is 0 Å². The molecule has 0 radical (unpaired) electrons. The molecule has 2 aliphatic rings. The van der Waals surface area contributed by atoms with Crippen LogP contribution in [-0.2, 0) is 4.79 Å². The number of fused-ring (bicyclic) bond motifs is 2. The summed E-state index contributed by atoms with van der Waals surface area (Å²) in [6.45, 7) is 0.815. The summed E-state index contributed by atoms with van der Waals surface area (Å²) >= 11 is 0. The summed E-state index contributed by atoms with van der Waals surface area (Å²) in [5, 5.41) is 0. The summed E-state index contributed by atoms with van der Waals surface area (Å²) in [6, 6.07) is 0. The molecule has 3 unspecified atom stereocenters. The number of carbonyl (C=O) groups is 1. The lowest BCUT2D eigenvalue weighted by molar-refractivity contribution is -0.129. The van der Waals surface area contributed by atoms with E-state index >= 15 is 0 Å². The van der Waals surface area contributed by atoms with E-state index < -0.39 is 0 Å². The van der Waals surface area contributed by atoms with Crippen LogP contribution in [0.4, 0.5) is 0 Å². The van der Waals surface area contributed by atoms with Crippen LogP contribution in [-0.4, -0.2) is 31.3 Å². The Labute approximate surface area is 92.0 Å². The molecule has 15 heavy (non-hydrogen) atoms. The lowest BCUT2D eigenvalue weighted by Gasteiger charge is -2.37. The first-order chi connectivity index (χ1) is 7.07. The van der Waals surface area contributed by atoms with Crippen LogP contribution in [0.25, 0.3) is 0 Å². The van der Waals surface area contributed by atoms with Gasteiger partial charge < -0.3 is 4.90 Å². The lowest BCUT2D eigenvalue weighted by atomic mass is 9.67. The normalized spacial score (nSPS) is 39.5. The van der Waals surface area contributed by atoms with Crippen molar-refractivity contribution in [2.75, 3.05) is 20.6 Å². The maximum atomic E-state index is 12.0. The Hall–Kier alpha value is -0.810. The minimum atomic E-state index is -0.107. The first kappa shape index (κ1) is 10.7. The Morgan fingerprint density at radius 1 is 1.60 bits per heavy atom. The number of terminal acetylenes is 1. The molecule has 2 rings (SSSR count). The standard InChI is InChI=1S/C13H19NO/c1-4-13-6-5-10(8-13)7-12(15)11(13)9-14(2)3/h1,10-11H,5-9H2,2-3H3. The Kier molecular flexibility index (Phi) is 2.60. The third-order valence-corrected chi connectivity index (χ3v) is 4.03. The van der Waals surface area contributed by atoms with E-state index in [1.165, 1.54) is 0 Å². The topological polar surface area (TPSA) is 20.3 Å². The number of carbonyl (C=O) groups excluding carboxylic acids is 1. The summed E-state index contributed by atoms with van der Waals surface area (Å²) < 4.78 is 0. The van der Waals surface area contributed by atoms with Gasteiger partial charge in [-0.1, -0.05) is 5.92 Å². The van der Waals surface area contributed by atoms with Crippen molar-refractivity contribution >= 4 is 5.78 Å². The molecule has 2 bridgehead atoms. The highest BCUT2D eigenvalue weighted by molar-refractivity contribution is 5.84. The van der Waals surface area contributed by atoms with Gasteiger partial charge in [-0.25, -0.2) is 0 Å². The van der Waals surface area contributed by atoms with E-state index in [0.29, 0.717) is 11.7 Å². The second-order valence-electron chi connectivity index (χ2n) is 5.39. The predicted molar refractivity (Wildman–Crippen MR) is 60.3 cm³/mol. The average Bonchev–Trinajstić information content (AvgIpc) is 2.53. The van der Waals surface area contributed by atoms with Gasteiger partial charge in [0.05, 0.1) is 0 Å². The summed E-state index contributed by atoms with van der Waals surface area (Å²) in [7, 11) is 4.02. The highest BCUT2D eigenvalue weighted by Crippen LogP contribution is 2.52. The number of nitrogens with zero attached hydrogens (tertiary/aromatic N) is 1. The van der Waals surface area contributed by atoms with E-state index in [2.05, 4.69) is 10.8 Å². The van der Waals surface area contributed by atoms with Gasteiger partial charge in [-0.05, 0) is 39.3 Å². The highest BCUT2D eigenvalue weighted by atomic mass is 16.1. The average molecular weight is 205 g/mol. The van der Waals surface area contributed by atoms with Gasteiger partial charge in [0.2, 0.25) is 0 Å². The fourth-order valence-corrected chi connectivity index (χ4v) is 3.28. The van der Waals surface area contributed by atoms with Crippen LogP contribution in [0.2, 0.25) is 0 Å². The molecule has 2 saturated carbocycles. The van der Waals surface area contributed by atoms with Crippen LogP contribution in [0.1, 0.15) is 25.7 Å². The Bertz CT molecular complexity index is 315. The van der Waals surface area contributed by atoms with Crippen LogP contribution in [0.3, 0.4) is 0 Å². The van der Waals surface area contributed by atoms with Gasteiger partial charge in [0.15, 0.2) is 0 Å².